The quantitative estimate of drug-likeness (QED) is 0.801. The minimum absolute atomic E-state index is 0.00781. The predicted octanol–water partition coefficient (Wildman–Crippen LogP) is 4.05. The van der Waals surface area contributed by atoms with Crippen LogP contribution in [0.25, 0.3) is 0 Å². The second kappa shape index (κ2) is 7.40. The van der Waals surface area contributed by atoms with E-state index in [2.05, 4.69) is 13.8 Å². The van der Waals surface area contributed by atoms with Crippen molar-refractivity contribution in [3.8, 4) is 0 Å². The van der Waals surface area contributed by atoms with Crippen molar-refractivity contribution in [3.63, 3.8) is 0 Å². The molecule has 1 aliphatic heterocycles. The Morgan fingerprint density at radius 3 is 2.48 bits per heavy atom. The smallest absolute Gasteiger partial charge is 0.233 e. The van der Waals surface area contributed by atoms with Crippen LogP contribution in [0.15, 0.2) is 18.2 Å². The van der Waals surface area contributed by atoms with E-state index in [1.807, 2.05) is 4.90 Å². The zero-order valence-electron chi connectivity index (χ0n) is 15.1. The van der Waals surface area contributed by atoms with Gasteiger partial charge in [0.2, 0.25) is 5.91 Å². The minimum atomic E-state index is -0.802. The molecule has 0 N–H and O–H groups in total. The van der Waals surface area contributed by atoms with Crippen LogP contribution in [0.2, 0.25) is 0 Å². The molecular weight excluding hydrogens is 324 g/mol. The van der Waals surface area contributed by atoms with Crippen LogP contribution in [-0.4, -0.2) is 36.6 Å². The third-order valence-electron chi connectivity index (χ3n) is 5.46. The van der Waals surface area contributed by atoms with E-state index in [1.54, 1.807) is 0 Å². The number of hydrogen-bond acceptors (Lipinski definition) is 2. The highest BCUT2D eigenvalue weighted by Crippen LogP contribution is 2.46. The topological polar surface area (TPSA) is 29.5 Å². The summed E-state index contributed by atoms with van der Waals surface area (Å²) < 4.78 is 33.4. The number of nitrogens with zero attached hydrogens (tertiary/aromatic N) is 1. The van der Waals surface area contributed by atoms with Crippen molar-refractivity contribution >= 4 is 5.91 Å². The molecule has 0 bridgehead atoms. The Kier molecular flexibility index (Phi) is 5.42. The van der Waals surface area contributed by atoms with Crippen LogP contribution in [0, 0.1) is 17.6 Å². The maximum atomic E-state index is 14.3. The van der Waals surface area contributed by atoms with Gasteiger partial charge >= 0.3 is 0 Å². The van der Waals surface area contributed by atoms with E-state index >= 15 is 0 Å². The molecule has 1 saturated carbocycles. The largest absolute Gasteiger partial charge is 0.378 e. The fourth-order valence-corrected chi connectivity index (χ4v) is 3.86. The van der Waals surface area contributed by atoms with Crippen LogP contribution < -0.4 is 0 Å². The van der Waals surface area contributed by atoms with Crippen molar-refractivity contribution in [2.75, 3.05) is 19.7 Å². The van der Waals surface area contributed by atoms with Gasteiger partial charge < -0.3 is 9.64 Å². The van der Waals surface area contributed by atoms with Gasteiger partial charge in [-0.1, -0.05) is 26.3 Å². The van der Waals surface area contributed by atoms with E-state index in [0.29, 0.717) is 37.4 Å². The van der Waals surface area contributed by atoms with Crippen molar-refractivity contribution in [2.45, 2.75) is 57.5 Å². The van der Waals surface area contributed by atoms with Gasteiger partial charge in [-0.25, -0.2) is 8.78 Å². The molecule has 1 amide bonds. The lowest BCUT2D eigenvalue weighted by Crippen LogP contribution is -2.54. The summed E-state index contributed by atoms with van der Waals surface area (Å²) in [6, 6.07) is 3.58. The number of benzene rings is 1. The number of halogens is 2. The van der Waals surface area contributed by atoms with Crippen LogP contribution >= 0.6 is 0 Å². The summed E-state index contributed by atoms with van der Waals surface area (Å²) in [5.74, 6) is -0.722. The van der Waals surface area contributed by atoms with Crippen molar-refractivity contribution in [3.05, 3.63) is 35.4 Å². The van der Waals surface area contributed by atoms with Gasteiger partial charge in [-0.15, -0.1) is 0 Å². The van der Waals surface area contributed by atoms with E-state index < -0.39 is 17.0 Å². The summed E-state index contributed by atoms with van der Waals surface area (Å²) in [6.07, 6.45) is 4.01. The summed E-state index contributed by atoms with van der Waals surface area (Å²) in [5, 5.41) is 0. The molecule has 1 heterocycles. The maximum absolute atomic E-state index is 14.3. The third kappa shape index (κ3) is 3.71. The highest BCUT2D eigenvalue weighted by atomic mass is 19.1. The van der Waals surface area contributed by atoms with E-state index in [9.17, 15) is 13.6 Å². The lowest BCUT2D eigenvalue weighted by atomic mass is 9.63. The summed E-state index contributed by atoms with van der Waals surface area (Å²) in [5.41, 5.74) is -0.452. The van der Waals surface area contributed by atoms with Gasteiger partial charge in [0.05, 0.1) is 11.5 Å². The number of likely N-dealkylation sites (tertiary alicyclic amines) is 1. The van der Waals surface area contributed by atoms with Crippen LogP contribution in [0.1, 0.15) is 51.5 Å². The molecule has 0 spiro atoms. The molecule has 1 saturated heterocycles. The Hall–Kier alpha value is -1.49. The SMILES string of the molecule is CC(C)COC1CCN(C(=O)C2(c3ccc(F)cc3F)CCC2)CC1. The molecule has 0 atom stereocenters. The van der Waals surface area contributed by atoms with Crippen molar-refractivity contribution < 1.29 is 18.3 Å². The number of carbonyl (C=O) groups excluding carboxylic acids is 1. The highest BCUT2D eigenvalue weighted by molar-refractivity contribution is 5.89. The van der Waals surface area contributed by atoms with E-state index in [0.717, 1.165) is 31.9 Å². The fourth-order valence-electron chi connectivity index (χ4n) is 3.86. The zero-order chi connectivity index (χ0) is 18.0. The first-order valence-electron chi connectivity index (χ1n) is 9.29. The van der Waals surface area contributed by atoms with Crippen molar-refractivity contribution in [2.24, 2.45) is 5.92 Å². The third-order valence-corrected chi connectivity index (χ3v) is 5.46. The molecule has 1 aliphatic carbocycles. The standard InChI is InChI=1S/C20H27F2NO2/c1-14(2)13-25-16-6-10-23(11-7-16)19(24)20(8-3-9-20)17-5-4-15(21)12-18(17)22/h4-5,12,14,16H,3,6-11,13H2,1-2H3. The fraction of sp³-hybridized carbons (Fsp3) is 0.650. The molecule has 25 heavy (non-hydrogen) atoms. The number of rotatable bonds is 5. The molecule has 0 radical (unpaired) electrons. The highest BCUT2D eigenvalue weighted by Gasteiger charge is 2.49. The summed E-state index contributed by atoms with van der Waals surface area (Å²) >= 11 is 0. The van der Waals surface area contributed by atoms with E-state index in [1.165, 1.54) is 12.1 Å². The average Bonchev–Trinajstić information content (AvgIpc) is 2.54. The van der Waals surface area contributed by atoms with Crippen LogP contribution in [-0.2, 0) is 14.9 Å². The van der Waals surface area contributed by atoms with Crippen LogP contribution in [0.5, 0.6) is 0 Å². The molecule has 0 unspecified atom stereocenters. The number of hydrogen-bond donors (Lipinski definition) is 0. The number of carbonyl (C=O) groups is 1. The van der Waals surface area contributed by atoms with Gasteiger partial charge in [0.15, 0.2) is 0 Å². The number of amides is 1. The molecule has 3 rings (SSSR count). The molecule has 138 valence electrons. The van der Waals surface area contributed by atoms with Gasteiger partial charge in [0.25, 0.3) is 0 Å². The molecule has 1 aromatic rings. The van der Waals surface area contributed by atoms with E-state index in [4.69, 9.17) is 4.74 Å². The van der Waals surface area contributed by atoms with E-state index in [-0.39, 0.29) is 12.0 Å². The first-order chi connectivity index (χ1) is 11.9. The van der Waals surface area contributed by atoms with Gasteiger partial charge in [0, 0.05) is 31.3 Å². The Balaban J connectivity index is 1.67. The molecule has 2 fully saturated rings. The summed E-state index contributed by atoms with van der Waals surface area (Å²) in [7, 11) is 0. The lowest BCUT2D eigenvalue weighted by Gasteiger charge is -2.45. The first kappa shape index (κ1) is 18.3. The molecule has 0 aromatic heterocycles. The Bertz CT molecular complexity index is 620. The molecular formula is C20H27F2NO2. The average molecular weight is 351 g/mol. The van der Waals surface area contributed by atoms with Gasteiger partial charge in [0.1, 0.15) is 11.6 Å². The predicted molar refractivity (Wildman–Crippen MR) is 92.3 cm³/mol. The van der Waals surface area contributed by atoms with Crippen LogP contribution in [0.3, 0.4) is 0 Å². The first-order valence-corrected chi connectivity index (χ1v) is 9.29. The Morgan fingerprint density at radius 1 is 1.28 bits per heavy atom. The van der Waals surface area contributed by atoms with Gasteiger partial charge in [-0.05, 0) is 37.7 Å². The molecule has 1 aromatic carbocycles. The van der Waals surface area contributed by atoms with Crippen molar-refractivity contribution in [1.82, 2.24) is 4.90 Å². The van der Waals surface area contributed by atoms with Gasteiger partial charge in [-0.3, -0.25) is 4.79 Å². The van der Waals surface area contributed by atoms with Crippen molar-refractivity contribution in [1.29, 1.82) is 0 Å². The lowest BCUT2D eigenvalue weighted by molar-refractivity contribution is -0.144. The Morgan fingerprint density at radius 2 is 1.96 bits per heavy atom. The number of piperidine rings is 1. The second-order valence-electron chi connectivity index (χ2n) is 7.78. The molecule has 3 nitrogen and oxygen atoms in total. The Labute approximate surface area is 148 Å². The zero-order valence-corrected chi connectivity index (χ0v) is 15.1. The summed E-state index contributed by atoms with van der Waals surface area (Å²) in [4.78, 5) is 15.0. The molecule has 2 aliphatic rings. The van der Waals surface area contributed by atoms with Crippen LogP contribution in [0.4, 0.5) is 8.78 Å². The van der Waals surface area contributed by atoms with Gasteiger partial charge in [-0.2, -0.15) is 0 Å². The maximum Gasteiger partial charge on any atom is 0.233 e. The molecule has 5 heteroatoms. The normalized spacial score (nSPS) is 20.6. The monoisotopic (exact) mass is 351 g/mol. The second-order valence-corrected chi connectivity index (χ2v) is 7.78. The summed E-state index contributed by atoms with van der Waals surface area (Å²) in [6.45, 7) is 6.27. The number of ether oxygens (including phenoxy) is 1. The minimum Gasteiger partial charge on any atom is -0.378 e.